The fourth-order valence-corrected chi connectivity index (χ4v) is 2.94. The Hall–Kier alpha value is -1.87. The molecular weight excluding hydrogens is 259 g/mol. The molecule has 0 radical (unpaired) electrons. The van der Waals surface area contributed by atoms with Gasteiger partial charge in [0.2, 0.25) is 0 Å². The third-order valence-electron chi connectivity index (χ3n) is 3.03. The first-order chi connectivity index (χ1) is 9.22. The zero-order valence-electron chi connectivity index (χ0n) is 10.5. The third kappa shape index (κ3) is 2.61. The first-order valence-corrected chi connectivity index (χ1v) is 6.95. The number of rotatable bonds is 3. The summed E-state index contributed by atoms with van der Waals surface area (Å²) < 4.78 is 19.8. The maximum atomic E-state index is 13.1. The van der Waals surface area contributed by atoms with Gasteiger partial charge in [-0.05, 0) is 42.0 Å². The molecule has 0 bridgehead atoms. The van der Waals surface area contributed by atoms with Crippen LogP contribution in [0.3, 0.4) is 0 Å². The Bertz CT molecular complexity index is 700. The van der Waals surface area contributed by atoms with E-state index < -0.39 is 0 Å². The molecule has 96 valence electrons. The van der Waals surface area contributed by atoms with Crippen LogP contribution in [0.15, 0.2) is 47.8 Å². The molecule has 1 nitrogen and oxygen atoms in total. The minimum absolute atomic E-state index is 0.194. The van der Waals surface area contributed by atoms with Crippen molar-refractivity contribution in [3.05, 3.63) is 64.8 Å². The molecule has 0 saturated carbocycles. The summed E-state index contributed by atoms with van der Waals surface area (Å²) in [5.74, 6) is 0.660. The van der Waals surface area contributed by atoms with Crippen LogP contribution in [-0.2, 0) is 6.61 Å². The van der Waals surface area contributed by atoms with Crippen LogP contribution in [0.1, 0.15) is 11.1 Å². The van der Waals surface area contributed by atoms with E-state index in [2.05, 4.69) is 0 Å². The fraction of sp³-hybridized carbons (Fsp3) is 0.125. The lowest BCUT2D eigenvalue weighted by atomic mass is 10.2. The van der Waals surface area contributed by atoms with Crippen LogP contribution in [0.25, 0.3) is 10.1 Å². The first-order valence-electron chi connectivity index (χ1n) is 6.07. The third-order valence-corrected chi connectivity index (χ3v) is 4.03. The van der Waals surface area contributed by atoms with E-state index in [1.54, 1.807) is 17.4 Å². The van der Waals surface area contributed by atoms with E-state index in [0.29, 0.717) is 6.61 Å². The van der Waals surface area contributed by atoms with Gasteiger partial charge in [0.1, 0.15) is 18.2 Å². The van der Waals surface area contributed by atoms with Crippen LogP contribution in [0.2, 0.25) is 0 Å². The minimum atomic E-state index is -0.194. The largest absolute Gasteiger partial charge is 0.489 e. The molecule has 0 aliphatic heterocycles. The molecule has 3 rings (SSSR count). The standard InChI is InChI=1S/C16H13FOS/c1-11-2-5-14(6-3-11)18-9-12-10-19-16-8-13(17)4-7-15(12)16/h2-8,10H,9H2,1H3. The summed E-state index contributed by atoms with van der Waals surface area (Å²) in [6.45, 7) is 2.55. The van der Waals surface area contributed by atoms with Crippen molar-refractivity contribution in [2.45, 2.75) is 13.5 Å². The van der Waals surface area contributed by atoms with Crippen LogP contribution < -0.4 is 4.74 Å². The molecule has 0 N–H and O–H groups in total. The van der Waals surface area contributed by atoms with E-state index in [1.165, 1.54) is 11.6 Å². The Labute approximate surface area is 115 Å². The van der Waals surface area contributed by atoms with Gasteiger partial charge in [-0.25, -0.2) is 4.39 Å². The van der Waals surface area contributed by atoms with Crippen molar-refractivity contribution in [2.75, 3.05) is 0 Å². The van der Waals surface area contributed by atoms with Crippen molar-refractivity contribution < 1.29 is 9.13 Å². The molecule has 1 aromatic heterocycles. The molecule has 0 aliphatic carbocycles. The fourth-order valence-electron chi connectivity index (χ4n) is 1.96. The average molecular weight is 272 g/mol. The monoisotopic (exact) mass is 272 g/mol. The van der Waals surface area contributed by atoms with Crippen molar-refractivity contribution in [1.29, 1.82) is 0 Å². The summed E-state index contributed by atoms with van der Waals surface area (Å²) in [4.78, 5) is 0. The van der Waals surface area contributed by atoms with Gasteiger partial charge < -0.3 is 4.74 Å². The molecule has 0 spiro atoms. The van der Waals surface area contributed by atoms with E-state index in [0.717, 1.165) is 21.4 Å². The Morgan fingerprint density at radius 2 is 1.89 bits per heavy atom. The molecule has 3 heteroatoms. The molecule has 0 saturated heterocycles. The van der Waals surface area contributed by atoms with Gasteiger partial charge in [-0.3, -0.25) is 0 Å². The summed E-state index contributed by atoms with van der Waals surface area (Å²) >= 11 is 1.55. The van der Waals surface area contributed by atoms with Crippen LogP contribution in [0, 0.1) is 12.7 Å². The Morgan fingerprint density at radius 3 is 2.68 bits per heavy atom. The van der Waals surface area contributed by atoms with Gasteiger partial charge in [0.15, 0.2) is 0 Å². The van der Waals surface area contributed by atoms with Crippen molar-refractivity contribution in [3.8, 4) is 5.75 Å². The predicted molar refractivity (Wildman–Crippen MR) is 77.3 cm³/mol. The normalized spacial score (nSPS) is 10.8. The summed E-state index contributed by atoms with van der Waals surface area (Å²) in [5, 5.41) is 3.09. The molecule has 1 heterocycles. The predicted octanol–water partition coefficient (Wildman–Crippen LogP) is 4.93. The van der Waals surface area contributed by atoms with Crippen molar-refractivity contribution >= 4 is 21.4 Å². The SMILES string of the molecule is Cc1ccc(OCc2csc3cc(F)ccc23)cc1. The Balaban J connectivity index is 1.80. The van der Waals surface area contributed by atoms with Gasteiger partial charge in [0, 0.05) is 10.3 Å². The molecule has 0 aliphatic rings. The highest BCUT2D eigenvalue weighted by atomic mass is 32.1. The topological polar surface area (TPSA) is 9.23 Å². The van der Waals surface area contributed by atoms with Crippen LogP contribution in [0.5, 0.6) is 5.75 Å². The second-order valence-electron chi connectivity index (χ2n) is 4.50. The molecule has 19 heavy (non-hydrogen) atoms. The first kappa shape index (κ1) is 12.2. The minimum Gasteiger partial charge on any atom is -0.489 e. The highest BCUT2D eigenvalue weighted by molar-refractivity contribution is 7.17. The van der Waals surface area contributed by atoms with Crippen molar-refractivity contribution in [3.63, 3.8) is 0 Å². The number of aryl methyl sites for hydroxylation is 1. The van der Waals surface area contributed by atoms with Gasteiger partial charge in [-0.15, -0.1) is 11.3 Å². The maximum Gasteiger partial charge on any atom is 0.124 e. The molecule has 3 aromatic rings. The number of ether oxygens (including phenoxy) is 1. The number of fused-ring (bicyclic) bond motifs is 1. The molecule has 0 fully saturated rings. The van der Waals surface area contributed by atoms with E-state index in [4.69, 9.17) is 4.74 Å². The van der Waals surface area contributed by atoms with Crippen LogP contribution in [-0.4, -0.2) is 0 Å². The smallest absolute Gasteiger partial charge is 0.124 e. The van der Waals surface area contributed by atoms with Crippen LogP contribution in [0.4, 0.5) is 4.39 Å². The van der Waals surface area contributed by atoms with E-state index in [1.807, 2.05) is 42.6 Å². The highest BCUT2D eigenvalue weighted by Gasteiger charge is 2.05. The Morgan fingerprint density at radius 1 is 1.11 bits per heavy atom. The second kappa shape index (κ2) is 5.02. The van der Waals surface area contributed by atoms with Gasteiger partial charge in [-0.2, -0.15) is 0 Å². The van der Waals surface area contributed by atoms with E-state index in [-0.39, 0.29) is 5.82 Å². The van der Waals surface area contributed by atoms with Crippen molar-refractivity contribution in [2.24, 2.45) is 0 Å². The zero-order valence-corrected chi connectivity index (χ0v) is 11.3. The molecule has 0 unspecified atom stereocenters. The van der Waals surface area contributed by atoms with Gasteiger partial charge in [0.25, 0.3) is 0 Å². The number of hydrogen-bond acceptors (Lipinski definition) is 2. The summed E-state index contributed by atoms with van der Waals surface area (Å²) in [5.41, 5.74) is 2.31. The molecule has 2 aromatic carbocycles. The lowest BCUT2D eigenvalue weighted by Crippen LogP contribution is -1.94. The number of benzene rings is 2. The average Bonchev–Trinajstić information content (AvgIpc) is 2.80. The highest BCUT2D eigenvalue weighted by Crippen LogP contribution is 2.27. The van der Waals surface area contributed by atoms with Crippen LogP contribution >= 0.6 is 11.3 Å². The molecule has 0 atom stereocenters. The van der Waals surface area contributed by atoms with E-state index in [9.17, 15) is 4.39 Å². The zero-order chi connectivity index (χ0) is 13.2. The van der Waals surface area contributed by atoms with Gasteiger partial charge in [0.05, 0.1) is 0 Å². The van der Waals surface area contributed by atoms with E-state index >= 15 is 0 Å². The number of halogens is 1. The second-order valence-corrected chi connectivity index (χ2v) is 5.41. The lowest BCUT2D eigenvalue weighted by Gasteiger charge is -2.05. The number of thiophene rings is 1. The number of hydrogen-bond donors (Lipinski definition) is 0. The molecule has 0 amide bonds. The Kier molecular flexibility index (Phi) is 3.22. The van der Waals surface area contributed by atoms with Gasteiger partial charge >= 0.3 is 0 Å². The maximum absolute atomic E-state index is 13.1. The molecular formula is C16H13FOS. The summed E-state index contributed by atoms with van der Waals surface area (Å²) in [7, 11) is 0. The van der Waals surface area contributed by atoms with Gasteiger partial charge in [-0.1, -0.05) is 23.8 Å². The summed E-state index contributed by atoms with van der Waals surface area (Å²) in [6.07, 6.45) is 0. The van der Waals surface area contributed by atoms with Crippen molar-refractivity contribution in [1.82, 2.24) is 0 Å². The quantitative estimate of drug-likeness (QED) is 0.657. The summed E-state index contributed by atoms with van der Waals surface area (Å²) in [6, 6.07) is 12.8. The lowest BCUT2D eigenvalue weighted by molar-refractivity contribution is 0.308.